The Balaban J connectivity index is 2.38. The van der Waals surface area contributed by atoms with Gasteiger partial charge in [-0.15, -0.1) is 0 Å². The number of carbonyl (C=O) groups is 3. The van der Waals surface area contributed by atoms with Crippen molar-refractivity contribution >= 4 is 29.1 Å². The Morgan fingerprint density at radius 1 is 1.05 bits per heavy atom. The van der Waals surface area contributed by atoms with Gasteiger partial charge >= 0.3 is 5.97 Å². The zero-order valence-corrected chi connectivity index (χ0v) is 13.2. The number of halogens is 1. The number of rotatable bonds is 6. The van der Waals surface area contributed by atoms with Gasteiger partial charge < -0.3 is 4.74 Å². The van der Waals surface area contributed by atoms with Crippen LogP contribution in [-0.2, 0) is 14.3 Å². The van der Waals surface area contributed by atoms with E-state index in [-0.39, 0.29) is 31.0 Å². The molecule has 0 atom stereocenters. The molecule has 0 aliphatic rings. The van der Waals surface area contributed by atoms with Crippen molar-refractivity contribution in [1.29, 1.82) is 0 Å². The van der Waals surface area contributed by atoms with E-state index in [4.69, 9.17) is 16.3 Å². The highest BCUT2D eigenvalue weighted by Gasteiger charge is 2.22. The molecule has 0 amide bonds. The van der Waals surface area contributed by atoms with Crippen molar-refractivity contribution in [1.82, 2.24) is 0 Å². The van der Waals surface area contributed by atoms with Crippen LogP contribution in [0.4, 0.5) is 0 Å². The molecule has 1 rings (SSSR count). The fourth-order valence-electron chi connectivity index (χ4n) is 1.43. The Kier molecular flexibility index (Phi) is 6.09. The van der Waals surface area contributed by atoms with Crippen molar-refractivity contribution in [2.24, 2.45) is 5.41 Å². The summed E-state index contributed by atoms with van der Waals surface area (Å²) in [5, 5.41) is 0.548. The lowest BCUT2D eigenvalue weighted by Gasteiger charge is -2.16. The molecule has 5 heteroatoms. The van der Waals surface area contributed by atoms with Gasteiger partial charge in [-0.2, -0.15) is 0 Å². The summed E-state index contributed by atoms with van der Waals surface area (Å²) in [5.41, 5.74) is -0.0441. The highest BCUT2D eigenvalue weighted by molar-refractivity contribution is 6.30. The number of carbonyl (C=O) groups excluding carboxylic acids is 3. The molecule has 0 spiro atoms. The lowest BCUT2D eigenvalue weighted by atomic mass is 9.91. The Morgan fingerprint density at radius 2 is 1.62 bits per heavy atom. The summed E-state index contributed by atoms with van der Waals surface area (Å²) in [5.74, 6) is -0.861. The summed E-state index contributed by atoms with van der Waals surface area (Å²) in [7, 11) is 0. The van der Waals surface area contributed by atoms with Gasteiger partial charge in [-0.25, -0.2) is 0 Å². The van der Waals surface area contributed by atoms with Crippen LogP contribution >= 0.6 is 11.6 Å². The quantitative estimate of drug-likeness (QED) is 0.596. The van der Waals surface area contributed by atoms with E-state index in [9.17, 15) is 14.4 Å². The standard InChI is InChI=1S/C16H19ClO4/c1-16(2,3)14(19)10-21-15(20)9-8-13(18)11-4-6-12(17)7-5-11/h4-7H,8-10H2,1-3H3. The number of ether oxygens (including phenoxy) is 1. The van der Waals surface area contributed by atoms with Gasteiger partial charge in [-0.1, -0.05) is 32.4 Å². The minimum absolute atomic E-state index is 0.0428. The van der Waals surface area contributed by atoms with Gasteiger partial charge in [0.2, 0.25) is 0 Å². The molecule has 0 aliphatic heterocycles. The summed E-state index contributed by atoms with van der Waals surface area (Å²) in [6, 6.07) is 6.46. The van der Waals surface area contributed by atoms with Gasteiger partial charge in [0.05, 0.1) is 6.42 Å². The Morgan fingerprint density at radius 3 is 2.14 bits per heavy atom. The molecule has 0 unspecified atom stereocenters. The third-order valence-electron chi connectivity index (χ3n) is 2.92. The second kappa shape index (κ2) is 7.36. The Bertz CT molecular complexity index is 526. The molecule has 0 N–H and O–H groups in total. The van der Waals surface area contributed by atoms with Gasteiger partial charge in [0, 0.05) is 22.4 Å². The number of hydrogen-bond acceptors (Lipinski definition) is 4. The molecule has 1 aromatic rings. The molecule has 1 aromatic carbocycles. The average Bonchev–Trinajstić information content (AvgIpc) is 2.41. The van der Waals surface area contributed by atoms with Crippen LogP contribution in [0.1, 0.15) is 44.0 Å². The largest absolute Gasteiger partial charge is 0.458 e. The number of hydrogen-bond donors (Lipinski definition) is 0. The van der Waals surface area contributed by atoms with Crippen LogP contribution in [0.15, 0.2) is 24.3 Å². The summed E-state index contributed by atoms with van der Waals surface area (Å²) >= 11 is 5.73. The van der Waals surface area contributed by atoms with Crippen molar-refractivity contribution in [3.8, 4) is 0 Å². The van der Waals surface area contributed by atoms with E-state index in [0.29, 0.717) is 10.6 Å². The van der Waals surface area contributed by atoms with Crippen molar-refractivity contribution < 1.29 is 19.1 Å². The fraction of sp³-hybridized carbons (Fsp3) is 0.438. The van der Waals surface area contributed by atoms with Crippen molar-refractivity contribution in [3.63, 3.8) is 0 Å². The Labute approximate surface area is 129 Å². The predicted molar refractivity (Wildman–Crippen MR) is 80.4 cm³/mol. The predicted octanol–water partition coefficient (Wildman–Crippen LogP) is 3.46. The van der Waals surface area contributed by atoms with Gasteiger partial charge in [0.15, 0.2) is 18.2 Å². The van der Waals surface area contributed by atoms with E-state index >= 15 is 0 Å². The van der Waals surface area contributed by atoms with E-state index in [0.717, 1.165) is 0 Å². The lowest BCUT2D eigenvalue weighted by molar-refractivity contribution is -0.150. The summed E-state index contributed by atoms with van der Waals surface area (Å²) < 4.78 is 4.87. The summed E-state index contributed by atoms with van der Waals surface area (Å²) in [6.07, 6.45) is 0.00303. The molecule has 0 aromatic heterocycles. The molecule has 114 valence electrons. The maximum absolute atomic E-state index is 11.8. The molecule has 0 aliphatic carbocycles. The SMILES string of the molecule is CC(C)(C)C(=O)COC(=O)CCC(=O)c1ccc(Cl)cc1. The zero-order valence-electron chi connectivity index (χ0n) is 12.4. The van der Waals surface area contributed by atoms with E-state index in [1.807, 2.05) is 0 Å². The summed E-state index contributed by atoms with van der Waals surface area (Å²) in [6.45, 7) is 5.02. The Hall–Kier alpha value is -1.68. The molecular weight excluding hydrogens is 292 g/mol. The highest BCUT2D eigenvalue weighted by atomic mass is 35.5. The van der Waals surface area contributed by atoms with Crippen LogP contribution < -0.4 is 0 Å². The van der Waals surface area contributed by atoms with Crippen LogP contribution in [0.3, 0.4) is 0 Å². The number of benzene rings is 1. The van der Waals surface area contributed by atoms with Crippen molar-refractivity contribution in [3.05, 3.63) is 34.9 Å². The van der Waals surface area contributed by atoms with E-state index < -0.39 is 11.4 Å². The first-order chi connectivity index (χ1) is 9.70. The van der Waals surface area contributed by atoms with Gasteiger partial charge in [-0.05, 0) is 24.3 Å². The van der Waals surface area contributed by atoms with E-state index in [1.54, 1.807) is 45.0 Å². The van der Waals surface area contributed by atoms with Crippen LogP contribution in [-0.4, -0.2) is 24.1 Å². The molecule has 0 saturated heterocycles. The molecular formula is C16H19ClO4. The zero-order chi connectivity index (χ0) is 16.0. The van der Waals surface area contributed by atoms with Crippen molar-refractivity contribution in [2.45, 2.75) is 33.6 Å². The summed E-state index contributed by atoms with van der Waals surface area (Å²) in [4.78, 5) is 35.0. The first kappa shape index (κ1) is 17.4. The first-order valence-corrected chi connectivity index (χ1v) is 7.05. The third kappa shape index (κ3) is 6.08. The average molecular weight is 311 g/mol. The van der Waals surface area contributed by atoms with E-state index in [1.165, 1.54) is 0 Å². The van der Waals surface area contributed by atoms with Crippen LogP contribution in [0.2, 0.25) is 5.02 Å². The fourth-order valence-corrected chi connectivity index (χ4v) is 1.56. The van der Waals surface area contributed by atoms with Gasteiger partial charge in [0.1, 0.15) is 0 Å². The van der Waals surface area contributed by atoms with Crippen LogP contribution in [0.5, 0.6) is 0 Å². The number of Topliss-reactive ketones (excluding diaryl/α,β-unsaturated/α-hetero) is 2. The number of ketones is 2. The smallest absolute Gasteiger partial charge is 0.306 e. The number of esters is 1. The topological polar surface area (TPSA) is 60.4 Å². The molecule has 0 heterocycles. The van der Waals surface area contributed by atoms with Gasteiger partial charge in [0.25, 0.3) is 0 Å². The first-order valence-electron chi connectivity index (χ1n) is 6.68. The molecule has 4 nitrogen and oxygen atoms in total. The molecule has 0 radical (unpaired) electrons. The molecule has 21 heavy (non-hydrogen) atoms. The maximum atomic E-state index is 11.8. The molecule has 0 bridgehead atoms. The van der Waals surface area contributed by atoms with Crippen LogP contribution in [0.25, 0.3) is 0 Å². The molecule has 0 fully saturated rings. The highest BCUT2D eigenvalue weighted by Crippen LogP contribution is 2.15. The maximum Gasteiger partial charge on any atom is 0.306 e. The van der Waals surface area contributed by atoms with Crippen LogP contribution in [0, 0.1) is 5.41 Å². The second-order valence-corrected chi connectivity index (χ2v) is 6.20. The normalized spacial score (nSPS) is 11.0. The monoisotopic (exact) mass is 310 g/mol. The van der Waals surface area contributed by atoms with Crippen molar-refractivity contribution in [2.75, 3.05) is 6.61 Å². The van der Waals surface area contributed by atoms with E-state index in [2.05, 4.69) is 0 Å². The second-order valence-electron chi connectivity index (χ2n) is 5.76. The lowest BCUT2D eigenvalue weighted by Crippen LogP contribution is -2.26. The minimum atomic E-state index is -0.546. The third-order valence-corrected chi connectivity index (χ3v) is 3.18. The minimum Gasteiger partial charge on any atom is -0.458 e. The van der Waals surface area contributed by atoms with Gasteiger partial charge in [-0.3, -0.25) is 14.4 Å². The molecule has 0 saturated carbocycles.